The number of benzene rings is 1. The average Bonchev–Trinajstić information content (AvgIpc) is 3.22. The second-order valence-corrected chi connectivity index (χ2v) is 7.41. The van der Waals surface area contributed by atoms with Crippen LogP contribution in [0.5, 0.6) is 0 Å². The highest BCUT2D eigenvalue weighted by Gasteiger charge is 2.32. The zero-order valence-electron chi connectivity index (χ0n) is 15.8. The topological polar surface area (TPSA) is 72.1 Å². The maximum absolute atomic E-state index is 13.4. The molecule has 9 heteroatoms. The molecule has 0 aliphatic carbocycles. The number of para-hydroxylation sites is 1. The van der Waals surface area contributed by atoms with E-state index in [-0.39, 0.29) is 17.4 Å². The molecule has 1 saturated heterocycles. The highest BCUT2D eigenvalue weighted by Crippen LogP contribution is 2.36. The minimum absolute atomic E-state index is 0.0119. The Labute approximate surface area is 165 Å². The van der Waals surface area contributed by atoms with Crippen molar-refractivity contribution in [1.82, 2.24) is 29.5 Å². The summed E-state index contributed by atoms with van der Waals surface area (Å²) in [5.74, 6) is 1.35. The van der Waals surface area contributed by atoms with Crippen molar-refractivity contribution in [2.75, 3.05) is 18.0 Å². The predicted molar refractivity (Wildman–Crippen MR) is 104 cm³/mol. The van der Waals surface area contributed by atoms with Gasteiger partial charge in [-0.1, -0.05) is 19.1 Å². The normalized spacial score (nSPS) is 20.1. The molecule has 29 heavy (non-hydrogen) atoms. The van der Waals surface area contributed by atoms with Crippen molar-refractivity contribution in [2.45, 2.75) is 25.7 Å². The molecule has 1 aromatic carbocycles. The lowest BCUT2D eigenvalue weighted by Crippen LogP contribution is -2.39. The molecule has 0 bridgehead atoms. The number of piperidine rings is 1. The van der Waals surface area contributed by atoms with Crippen LogP contribution in [0.15, 0.2) is 43.0 Å². The van der Waals surface area contributed by atoms with Gasteiger partial charge in [0.15, 0.2) is 0 Å². The number of anilines is 1. The first-order valence-electron chi connectivity index (χ1n) is 9.55. The Morgan fingerprint density at radius 3 is 2.83 bits per heavy atom. The third kappa shape index (κ3) is 3.06. The molecule has 0 amide bonds. The van der Waals surface area contributed by atoms with E-state index in [0.29, 0.717) is 18.2 Å². The van der Waals surface area contributed by atoms with Gasteiger partial charge in [0, 0.05) is 24.4 Å². The van der Waals surface area contributed by atoms with Gasteiger partial charge in [-0.25, -0.2) is 28.2 Å². The van der Waals surface area contributed by atoms with Crippen LogP contribution in [-0.4, -0.2) is 42.6 Å². The number of nitrogens with zero attached hydrogens (tertiary/aromatic N) is 7. The lowest BCUT2D eigenvalue weighted by molar-refractivity contribution is 0.146. The zero-order chi connectivity index (χ0) is 20.0. The van der Waals surface area contributed by atoms with E-state index in [2.05, 4.69) is 36.9 Å². The van der Waals surface area contributed by atoms with Crippen molar-refractivity contribution in [3.8, 4) is 0 Å². The predicted octanol–water partition coefficient (Wildman–Crippen LogP) is 3.64. The van der Waals surface area contributed by atoms with Crippen molar-refractivity contribution in [3.63, 3.8) is 0 Å². The molecule has 0 N–H and O–H groups in total. The second kappa shape index (κ2) is 6.98. The summed E-state index contributed by atoms with van der Waals surface area (Å²) in [6.45, 7) is 3.63. The molecule has 3 aromatic heterocycles. The molecule has 0 spiro atoms. The molecule has 0 radical (unpaired) electrons. The van der Waals surface area contributed by atoms with Crippen LogP contribution < -0.4 is 4.90 Å². The third-order valence-electron chi connectivity index (χ3n) is 5.68. The number of alkyl halides is 2. The minimum atomic E-state index is -2.66. The summed E-state index contributed by atoms with van der Waals surface area (Å²) < 4.78 is 28.4. The summed E-state index contributed by atoms with van der Waals surface area (Å²) >= 11 is 0. The standard InChI is InChI=1S/C20H19F2N7/c1-12-6-7-28(19-13-4-2-3-5-15(13)23-10-24-19)9-14(12)17-8-16(18(21)22)27-20-25-11-26-29(17)20/h2-5,8,10-12,14,18H,6-7,9H2,1H3/t12-,14-/m1/s1. The highest BCUT2D eigenvalue weighted by atomic mass is 19.3. The van der Waals surface area contributed by atoms with Crippen LogP contribution in [0.1, 0.15) is 37.1 Å². The molecule has 2 atom stereocenters. The Balaban J connectivity index is 1.58. The van der Waals surface area contributed by atoms with Crippen molar-refractivity contribution >= 4 is 22.5 Å². The fourth-order valence-corrected chi connectivity index (χ4v) is 4.12. The third-order valence-corrected chi connectivity index (χ3v) is 5.68. The second-order valence-electron chi connectivity index (χ2n) is 7.41. The van der Waals surface area contributed by atoms with Gasteiger partial charge in [0.1, 0.15) is 24.2 Å². The Kier molecular flexibility index (Phi) is 4.30. The van der Waals surface area contributed by atoms with E-state index >= 15 is 0 Å². The molecule has 0 unspecified atom stereocenters. The molecule has 1 fully saturated rings. The van der Waals surface area contributed by atoms with Crippen LogP contribution in [0.3, 0.4) is 0 Å². The number of hydrogen-bond acceptors (Lipinski definition) is 6. The maximum atomic E-state index is 13.4. The summed E-state index contributed by atoms with van der Waals surface area (Å²) in [7, 11) is 0. The quantitative estimate of drug-likeness (QED) is 0.527. The van der Waals surface area contributed by atoms with Gasteiger partial charge in [0.25, 0.3) is 12.2 Å². The number of hydrogen-bond donors (Lipinski definition) is 0. The smallest absolute Gasteiger partial charge is 0.280 e. The van der Waals surface area contributed by atoms with Crippen molar-refractivity contribution in [1.29, 1.82) is 0 Å². The first kappa shape index (κ1) is 17.8. The molecule has 7 nitrogen and oxygen atoms in total. The first-order valence-corrected chi connectivity index (χ1v) is 9.55. The summed E-state index contributed by atoms with van der Waals surface area (Å²) in [6.07, 6.45) is 1.17. The Morgan fingerprint density at radius 1 is 1.10 bits per heavy atom. The van der Waals surface area contributed by atoms with E-state index in [1.165, 1.54) is 12.4 Å². The molecule has 4 aromatic rings. The van der Waals surface area contributed by atoms with Gasteiger partial charge in [-0.3, -0.25) is 0 Å². The van der Waals surface area contributed by atoms with Gasteiger partial charge >= 0.3 is 0 Å². The summed E-state index contributed by atoms with van der Waals surface area (Å²) in [6, 6.07) is 9.35. The van der Waals surface area contributed by atoms with Crippen molar-refractivity contribution in [2.24, 2.45) is 5.92 Å². The maximum Gasteiger partial charge on any atom is 0.280 e. The van der Waals surface area contributed by atoms with Gasteiger partial charge < -0.3 is 4.90 Å². The molecular formula is C20H19F2N7. The summed E-state index contributed by atoms with van der Waals surface area (Å²) in [5, 5.41) is 5.21. The molecule has 4 heterocycles. The molecule has 1 aliphatic heterocycles. The van der Waals surface area contributed by atoms with Crippen LogP contribution in [0.25, 0.3) is 16.7 Å². The molecule has 0 saturated carbocycles. The van der Waals surface area contributed by atoms with E-state index in [1.54, 1.807) is 10.8 Å². The zero-order valence-corrected chi connectivity index (χ0v) is 15.8. The van der Waals surface area contributed by atoms with Crippen LogP contribution in [0.4, 0.5) is 14.6 Å². The van der Waals surface area contributed by atoms with Crippen molar-refractivity contribution < 1.29 is 8.78 Å². The monoisotopic (exact) mass is 395 g/mol. The summed E-state index contributed by atoms with van der Waals surface area (Å²) in [4.78, 5) is 19.1. The van der Waals surface area contributed by atoms with Crippen LogP contribution in [0, 0.1) is 5.92 Å². The lowest BCUT2D eigenvalue weighted by Gasteiger charge is -2.38. The highest BCUT2D eigenvalue weighted by molar-refractivity contribution is 5.89. The molecular weight excluding hydrogens is 376 g/mol. The summed E-state index contributed by atoms with van der Waals surface area (Å²) in [5.41, 5.74) is 1.32. The van der Waals surface area contributed by atoms with Crippen molar-refractivity contribution in [3.05, 3.63) is 54.4 Å². The Bertz CT molecular complexity index is 1170. The van der Waals surface area contributed by atoms with Gasteiger partial charge in [-0.15, -0.1) is 0 Å². The van der Waals surface area contributed by atoms with Crippen LogP contribution >= 0.6 is 0 Å². The van der Waals surface area contributed by atoms with Gasteiger partial charge in [0.05, 0.1) is 11.2 Å². The Morgan fingerprint density at radius 2 is 1.97 bits per heavy atom. The van der Waals surface area contributed by atoms with Gasteiger partial charge in [-0.2, -0.15) is 10.1 Å². The fourth-order valence-electron chi connectivity index (χ4n) is 4.12. The number of aromatic nitrogens is 6. The van der Waals surface area contributed by atoms with E-state index in [0.717, 1.165) is 29.7 Å². The van der Waals surface area contributed by atoms with E-state index in [4.69, 9.17) is 0 Å². The molecule has 5 rings (SSSR count). The molecule has 1 aliphatic rings. The van der Waals surface area contributed by atoms with E-state index in [9.17, 15) is 8.78 Å². The fraction of sp³-hybridized carbons (Fsp3) is 0.350. The first-order chi connectivity index (χ1) is 14.1. The van der Waals surface area contributed by atoms with E-state index < -0.39 is 6.43 Å². The minimum Gasteiger partial charge on any atom is -0.355 e. The van der Waals surface area contributed by atoms with E-state index in [1.807, 2.05) is 24.3 Å². The van der Waals surface area contributed by atoms with Gasteiger partial charge in [-0.05, 0) is 30.5 Å². The van der Waals surface area contributed by atoms with Crippen LogP contribution in [-0.2, 0) is 0 Å². The number of halogens is 2. The number of fused-ring (bicyclic) bond motifs is 2. The van der Waals surface area contributed by atoms with Crippen LogP contribution in [0.2, 0.25) is 0 Å². The Hall–Kier alpha value is -3.23. The SMILES string of the molecule is C[C@@H]1CCN(c2ncnc3ccccc23)C[C@H]1c1cc(C(F)F)nc2ncnn12. The average molecular weight is 395 g/mol. The number of rotatable bonds is 3. The molecule has 148 valence electrons. The van der Waals surface area contributed by atoms with Gasteiger partial charge in [0.2, 0.25) is 0 Å². The lowest BCUT2D eigenvalue weighted by atomic mass is 9.84. The largest absolute Gasteiger partial charge is 0.355 e.